The summed E-state index contributed by atoms with van der Waals surface area (Å²) in [5, 5.41) is 54.2. The van der Waals surface area contributed by atoms with Gasteiger partial charge in [0.1, 0.15) is 24.4 Å². The number of aliphatic hydroxyl groups excluding tert-OH is 5. The van der Waals surface area contributed by atoms with Crippen molar-refractivity contribution in [3.8, 4) is 0 Å². The van der Waals surface area contributed by atoms with Crippen LogP contribution in [0, 0.1) is 0 Å². The Labute approximate surface area is 459 Å². The highest BCUT2D eigenvalue weighted by atomic mass is 16.7. The first-order valence-electron chi connectivity index (χ1n) is 31.4. The van der Waals surface area contributed by atoms with E-state index in [1.165, 1.54) is 186 Å². The van der Waals surface area contributed by atoms with Gasteiger partial charge in [0.05, 0.1) is 32.0 Å². The molecule has 0 bridgehead atoms. The van der Waals surface area contributed by atoms with Gasteiger partial charge in [-0.3, -0.25) is 9.59 Å². The molecule has 1 fully saturated rings. The zero-order valence-electron chi connectivity index (χ0n) is 48.3. The van der Waals surface area contributed by atoms with Crippen LogP contribution in [-0.4, -0.2) is 100 Å². The molecule has 7 unspecified atom stereocenters. The third-order valence-corrected chi connectivity index (χ3v) is 14.7. The summed E-state index contributed by atoms with van der Waals surface area (Å²) in [6.07, 6.45) is 58.0. The van der Waals surface area contributed by atoms with Gasteiger partial charge in [-0.25, -0.2) is 0 Å². The van der Waals surface area contributed by atoms with Gasteiger partial charge in [0.25, 0.3) is 0 Å². The number of esters is 1. The van der Waals surface area contributed by atoms with Crippen molar-refractivity contribution in [1.82, 2.24) is 5.32 Å². The van der Waals surface area contributed by atoms with Crippen LogP contribution in [0.3, 0.4) is 0 Å². The zero-order valence-corrected chi connectivity index (χ0v) is 48.3. The molecule has 11 nitrogen and oxygen atoms in total. The molecule has 0 radical (unpaired) electrons. The lowest BCUT2D eigenvalue weighted by Crippen LogP contribution is -2.60. The lowest BCUT2D eigenvalue weighted by Gasteiger charge is -2.40. The molecule has 1 rings (SSSR count). The summed E-state index contributed by atoms with van der Waals surface area (Å²) >= 11 is 0. The number of carbonyl (C=O) groups is 2. The number of hydrogen-bond acceptors (Lipinski definition) is 10. The van der Waals surface area contributed by atoms with E-state index in [2.05, 4.69) is 55.6 Å². The van der Waals surface area contributed by atoms with Gasteiger partial charge in [-0.05, 0) is 83.5 Å². The van der Waals surface area contributed by atoms with Crippen molar-refractivity contribution in [1.29, 1.82) is 0 Å². The number of unbranched alkanes of at least 4 members (excludes halogenated alkanes) is 34. The number of hydrogen-bond donors (Lipinski definition) is 6. The Morgan fingerprint density at radius 1 is 0.493 bits per heavy atom. The Morgan fingerprint density at radius 2 is 0.907 bits per heavy atom. The van der Waals surface area contributed by atoms with E-state index in [0.29, 0.717) is 19.4 Å². The number of carbonyl (C=O) groups excluding carboxylic acids is 2. The quantitative estimate of drug-likeness (QED) is 0.0195. The maximum Gasteiger partial charge on any atom is 0.305 e. The number of aliphatic hydroxyl groups is 5. The highest BCUT2D eigenvalue weighted by Crippen LogP contribution is 2.23. The van der Waals surface area contributed by atoms with Crippen molar-refractivity contribution < 1.29 is 49.3 Å². The summed E-state index contributed by atoms with van der Waals surface area (Å²) < 4.78 is 16.7. The highest BCUT2D eigenvalue weighted by Gasteiger charge is 2.44. The minimum atomic E-state index is -1.57. The fourth-order valence-corrected chi connectivity index (χ4v) is 9.62. The lowest BCUT2D eigenvalue weighted by atomic mass is 9.99. The second-order valence-corrected chi connectivity index (χ2v) is 21.8. The molecule has 1 aliphatic heterocycles. The summed E-state index contributed by atoms with van der Waals surface area (Å²) in [4.78, 5) is 25.0. The monoisotopic (exact) mass is 1060 g/mol. The van der Waals surface area contributed by atoms with Crippen molar-refractivity contribution in [2.45, 2.75) is 326 Å². The maximum atomic E-state index is 13.0. The van der Waals surface area contributed by atoms with Crippen LogP contribution in [0.15, 0.2) is 48.6 Å². The van der Waals surface area contributed by atoms with Gasteiger partial charge < -0.3 is 45.1 Å². The molecule has 1 amide bonds. The summed E-state index contributed by atoms with van der Waals surface area (Å²) in [6, 6.07) is -0.811. The van der Waals surface area contributed by atoms with Crippen molar-refractivity contribution >= 4 is 11.9 Å². The van der Waals surface area contributed by atoms with E-state index in [-0.39, 0.29) is 18.5 Å². The van der Waals surface area contributed by atoms with Crippen LogP contribution >= 0.6 is 0 Å². The van der Waals surface area contributed by atoms with Crippen molar-refractivity contribution in [3.05, 3.63) is 48.6 Å². The standard InChI is InChI=1S/C64H117NO10/c1-3-5-7-9-11-13-31-36-40-44-48-52-60(69)73-53-49-45-41-37-33-30-28-26-24-22-20-18-16-14-15-17-19-21-23-25-27-29-32-35-39-43-47-51-59(68)65-56(57(67)50-46-42-38-34-12-10-8-6-4-2)55-74-64-63(72)62(71)61(70)58(54-66)75-64/h9,11,14-15,18,20,46,50,56-58,61-64,66-67,70-72H,3-8,10,12-13,16-17,19,21-45,47-49,51-55H2,1-2H3,(H,65,68)/b11-9-,15-14-,20-18-,50-46+. The van der Waals surface area contributed by atoms with Crippen LogP contribution in [0.4, 0.5) is 0 Å². The second-order valence-electron chi connectivity index (χ2n) is 21.8. The van der Waals surface area contributed by atoms with E-state index in [9.17, 15) is 35.1 Å². The van der Waals surface area contributed by atoms with Gasteiger partial charge in [0.15, 0.2) is 6.29 Å². The smallest absolute Gasteiger partial charge is 0.305 e. The molecular formula is C64H117NO10. The largest absolute Gasteiger partial charge is 0.466 e. The van der Waals surface area contributed by atoms with E-state index in [1.54, 1.807) is 6.08 Å². The number of allylic oxidation sites excluding steroid dienone is 7. The summed E-state index contributed by atoms with van der Waals surface area (Å²) in [6.45, 7) is 4.27. The molecule has 0 aromatic rings. The third-order valence-electron chi connectivity index (χ3n) is 14.7. The van der Waals surface area contributed by atoms with Gasteiger partial charge in [0.2, 0.25) is 5.91 Å². The molecule has 438 valence electrons. The number of rotatable bonds is 54. The predicted octanol–water partition coefficient (Wildman–Crippen LogP) is 14.8. The first-order chi connectivity index (χ1) is 36.7. The van der Waals surface area contributed by atoms with Gasteiger partial charge >= 0.3 is 5.97 Å². The van der Waals surface area contributed by atoms with Gasteiger partial charge in [-0.1, -0.05) is 236 Å². The Kier molecular flexibility index (Phi) is 50.5. The summed E-state index contributed by atoms with van der Waals surface area (Å²) in [5.41, 5.74) is 0. The van der Waals surface area contributed by atoms with E-state index < -0.39 is 49.5 Å². The molecule has 1 aliphatic rings. The molecule has 0 spiro atoms. The second kappa shape index (κ2) is 53.6. The van der Waals surface area contributed by atoms with Gasteiger partial charge in [-0.2, -0.15) is 0 Å². The van der Waals surface area contributed by atoms with E-state index in [0.717, 1.165) is 70.6 Å². The molecule has 11 heteroatoms. The molecule has 0 aromatic carbocycles. The highest BCUT2D eigenvalue weighted by molar-refractivity contribution is 5.76. The van der Waals surface area contributed by atoms with Crippen molar-refractivity contribution in [2.75, 3.05) is 19.8 Å². The maximum absolute atomic E-state index is 13.0. The van der Waals surface area contributed by atoms with Gasteiger partial charge in [0, 0.05) is 12.8 Å². The minimum Gasteiger partial charge on any atom is -0.466 e. The van der Waals surface area contributed by atoms with Crippen LogP contribution in [0.2, 0.25) is 0 Å². The fourth-order valence-electron chi connectivity index (χ4n) is 9.62. The van der Waals surface area contributed by atoms with Crippen molar-refractivity contribution in [2.24, 2.45) is 0 Å². The van der Waals surface area contributed by atoms with Gasteiger partial charge in [-0.15, -0.1) is 0 Å². The van der Waals surface area contributed by atoms with E-state index in [4.69, 9.17) is 14.2 Å². The topological polar surface area (TPSA) is 175 Å². The molecule has 7 atom stereocenters. The lowest BCUT2D eigenvalue weighted by molar-refractivity contribution is -0.302. The number of ether oxygens (including phenoxy) is 3. The molecule has 1 saturated heterocycles. The fraction of sp³-hybridized carbons (Fsp3) is 0.844. The first-order valence-corrected chi connectivity index (χ1v) is 31.4. The Hall–Kier alpha value is -2.38. The normalized spacial score (nSPS) is 19.1. The Morgan fingerprint density at radius 3 is 1.40 bits per heavy atom. The Bertz CT molecular complexity index is 1390. The molecular weight excluding hydrogens is 943 g/mol. The average Bonchev–Trinajstić information content (AvgIpc) is 3.41. The minimum absolute atomic E-state index is 0.0106. The molecule has 0 saturated carbocycles. The predicted molar refractivity (Wildman–Crippen MR) is 310 cm³/mol. The SMILES string of the molecule is CCCC/C=C\CCCCCCCC(=O)OCCCCCCCCCCC/C=C\C/C=C\CCCCCCCCCCCCCC(=O)NC(COC1OC(CO)C(O)C(O)C1O)C(O)/C=C/CCCCCCCCC. The van der Waals surface area contributed by atoms with E-state index >= 15 is 0 Å². The van der Waals surface area contributed by atoms with Crippen LogP contribution in [-0.2, 0) is 23.8 Å². The van der Waals surface area contributed by atoms with Crippen LogP contribution in [0.25, 0.3) is 0 Å². The van der Waals surface area contributed by atoms with Crippen LogP contribution < -0.4 is 5.32 Å². The first kappa shape index (κ1) is 70.6. The number of amides is 1. The summed E-state index contributed by atoms with van der Waals surface area (Å²) in [5.74, 6) is -0.198. The summed E-state index contributed by atoms with van der Waals surface area (Å²) in [7, 11) is 0. The number of nitrogens with one attached hydrogen (secondary N) is 1. The molecule has 75 heavy (non-hydrogen) atoms. The van der Waals surface area contributed by atoms with Crippen LogP contribution in [0.1, 0.15) is 284 Å². The van der Waals surface area contributed by atoms with Crippen LogP contribution in [0.5, 0.6) is 0 Å². The van der Waals surface area contributed by atoms with E-state index in [1.807, 2.05) is 6.08 Å². The average molecular weight is 1060 g/mol. The molecule has 6 N–H and O–H groups in total. The molecule has 0 aliphatic carbocycles. The Balaban J connectivity index is 2.00. The molecule has 0 aromatic heterocycles. The zero-order chi connectivity index (χ0) is 54.5. The van der Waals surface area contributed by atoms with Crippen molar-refractivity contribution in [3.63, 3.8) is 0 Å². The molecule has 1 heterocycles. The third kappa shape index (κ3) is 43.2.